The van der Waals surface area contributed by atoms with Gasteiger partial charge in [-0.3, -0.25) is 4.79 Å². The van der Waals surface area contributed by atoms with E-state index in [-0.39, 0.29) is 5.56 Å². The smallest absolute Gasteiger partial charge is 0.252 e. The van der Waals surface area contributed by atoms with Crippen molar-refractivity contribution in [2.45, 2.75) is 0 Å². The van der Waals surface area contributed by atoms with Gasteiger partial charge in [-0.05, 0) is 12.1 Å². The van der Waals surface area contributed by atoms with Crippen molar-refractivity contribution in [2.75, 3.05) is 5.73 Å². The number of hydrogen-bond donors (Lipinski definition) is 2. The van der Waals surface area contributed by atoms with E-state index in [0.29, 0.717) is 17.3 Å². The second-order valence-electron chi connectivity index (χ2n) is 3.91. The summed E-state index contributed by atoms with van der Waals surface area (Å²) in [5.74, 6) is 0.931. The minimum Gasteiger partial charge on any atom is -0.399 e. The van der Waals surface area contributed by atoms with Gasteiger partial charge in [0.15, 0.2) is 11.6 Å². The fourth-order valence-corrected chi connectivity index (χ4v) is 1.67. The summed E-state index contributed by atoms with van der Waals surface area (Å²) in [4.78, 5) is 21.8. The van der Waals surface area contributed by atoms with Crippen LogP contribution in [-0.4, -0.2) is 24.7 Å². The minimum absolute atomic E-state index is 0.244. The summed E-state index contributed by atoms with van der Waals surface area (Å²) in [5, 5.41) is 4.27. The number of rotatable bonds is 2. The van der Waals surface area contributed by atoms with E-state index in [9.17, 15) is 4.79 Å². The van der Waals surface area contributed by atoms with Crippen LogP contribution in [0.25, 0.3) is 17.2 Å². The zero-order valence-corrected chi connectivity index (χ0v) is 9.82. The highest BCUT2D eigenvalue weighted by Gasteiger charge is 2.06. The van der Waals surface area contributed by atoms with Crippen molar-refractivity contribution in [2.24, 2.45) is 0 Å². The maximum absolute atomic E-state index is 11.2. The zero-order chi connectivity index (χ0) is 13.2. The molecule has 0 unspecified atom stereocenters. The van der Waals surface area contributed by atoms with Crippen molar-refractivity contribution in [3.8, 4) is 17.2 Å². The lowest BCUT2D eigenvalue weighted by Gasteiger charge is -1.98. The first kappa shape index (κ1) is 11.1. The standard InChI is InChI=1S/C12H10N6O/c13-9-3-1-2-8(4-9)12-16-7-18(17-12)10-5-11(19)15-6-14-10/h1-7H,13H2,(H,14,15,19). The number of hydrogen-bond acceptors (Lipinski definition) is 5. The van der Waals surface area contributed by atoms with Crippen molar-refractivity contribution in [3.63, 3.8) is 0 Å². The van der Waals surface area contributed by atoms with Crippen molar-refractivity contribution in [1.82, 2.24) is 24.7 Å². The SMILES string of the molecule is Nc1cccc(-c2ncn(-c3cc(=O)[nH]cn3)n2)c1. The lowest BCUT2D eigenvalue weighted by Crippen LogP contribution is -2.09. The maximum Gasteiger partial charge on any atom is 0.252 e. The first-order chi connectivity index (χ1) is 9.22. The summed E-state index contributed by atoms with van der Waals surface area (Å²) in [6, 6.07) is 8.61. The number of aromatic amines is 1. The number of benzene rings is 1. The van der Waals surface area contributed by atoms with E-state index in [1.54, 1.807) is 12.1 Å². The van der Waals surface area contributed by atoms with Gasteiger partial charge >= 0.3 is 0 Å². The molecule has 1 aromatic carbocycles. The molecule has 0 amide bonds. The van der Waals surface area contributed by atoms with E-state index in [2.05, 4.69) is 20.1 Å². The Morgan fingerprint density at radius 2 is 2.11 bits per heavy atom. The second kappa shape index (κ2) is 4.37. The molecule has 3 aromatic rings. The summed E-state index contributed by atoms with van der Waals surface area (Å²) >= 11 is 0. The molecule has 7 nitrogen and oxygen atoms in total. The highest BCUT2D eigenvalue weighted by atomic mass is 16.1. The van der Waals surface area contributed by atoms with Gasteiger partial charge in [-0.2, -0.15) is 0 Å². The molecule has 0 saturated carbocycles. The molecule has 0 radical (unpaired) electrons. The molecule has 94 valence electrons. The van der Waals surface area contributed by atoms with Gasteiger partial charge in [0.2, 0.25) is 0 Å². The Bertz CT molecular complexity index is 775. The number of nitrogens with one attached hydrogen (secondary N) is 1. The second-order valence-corrected chi connectivity index (χ2v) is 3.91. The average Bonchev–Trinajstić information content (AvgIpc) is 2.88. The van der Waals surface area contributed by atoms with Crippen LogP contribution in [0.3, 0.4) is 0 Å². The first-order valence-corrected chi connectivity index (χ1v) is 5.55. The van der Waals surface area contributed by atoms with Crippen molar-refractivity contribution in [3.05, 3.63) is 53.3 Å². The highest BCUT2D eigenvalue weighted by Crippen LogP contribution is 2.17. The van der Waals surface area contributed by atoms with Gasteiger partial charge in [0, 0.05) is 17.3 Å². The van der Waals surface area contributed by atoms with E-state index in [4.69, 9.17) is 5.73 Å². The molecular formula is C12H10N6O. The van der Waals surface area contributed by atoms with Crippen LogP contribution in [0.5, 0.6) is 0 Å². The van der Waals surface area contributed by atoms with Crippen LogP contribution in [0.4, 0.5) is 5.69 Å². The molecule has 0 aliphatic rings. The van der Waals surface area contributed by atoms with Crippen LogP contribution >= 0.6 is 0 Å². The normalized spacial score (nSPS) is 10.5. The van der Waals surface area contributed by atoms with Gasteiger partial charge in [-0.1, -0.05) is 12.1 Å². The van der Waals surface area contributed by atoms with Crippen molar-refractivity contribution >= 4 is 5.69 Å². The van der Waals surface area contributed by atoms with E-state index in [0.717, 1.165) is 5.56 Å². The van der Waals surface area contributed by atoms with E-state index in [1.807, 2.05) is 12.1 Å². The van der Waals surface area contributed by atoms with Gasteiger partial charge in [0.05, 0.1) is 6.33 Å². The maximum atomic E-state index is 11.2. The minimum atomic E-state index is -0.244. The molecule has 0 atom stereocenters. The predicted octanol–water partition coefficient (Wildman–Crippen LogP) is 0.600. The number of nitrogens with two attached hydrogens (primary N) is 1. The quantitative estimate of drug-likeness (QED) is 0.652. The molecule has 0 aliphatic heterocycles. The summed E-state index contributed by atoms with van der Waals surface area (Å²) < 4.78 is 1.44. The average molecular weight is 254 g/mol. The van der Waals surface area contributed by atoms with Crippen LogP contribution < -0.4 is 11.3 Å². The first-order valence-electron chi connectivity index (χ1n) is 5.55. The monoisotopic (exact) mass is 254 g/mol. The van der Waals surface area contributed by atoms with E-state index in [1.165, 1.54) is 23.4 Å². The fraction of sp³-hybridized carbons (Fsp3) is 0. The van der Waals surface area contributed by atoms with Gasteiger partial charge in [0.1, 0.15) is 6.33 Å². The largest absolute Gasteiger partial charge is 0.399 e. The lowest BCUT2D eigenvalue weighted by molar-refractivity contribution is 0.836. The van der Waals surface area contributed by atoms with Crippen LogP contribution in [0.1, 0.15) is 0 Å². The Kier molecular flexibility index (Phi) is 2.57. The van der Waals surface area contributed by atoms with Gasteiger partial charge < -0.3 is 10.7 Å². The summed E-state index contributed by atoms with van der Waals surface area (Å²) in [7, 11) is 0. The molecule has 0 fully saturated rings. The number of nitrogen functional groups attached to an aromatic ring is 1. The van der Waals surface area contributed by atoms with E-state index < -0.39 is 0 Å². The number of H-pyrrole nitrogens is 1. The van der Waals surface area contributed by atoms with Crippen LogP contribution in [-0.2, 0) is 0 Å². The van der Waals surface area contributed by atoms with Gasteiger partial charge in [0.25, 0.3) is 5.56 Å². The summed E-state index contributed by atoms with van der Waals surface area (Å²) in [5.41, 5.74) is 6.92. The third-order valence-electron chi connectivity index (χ3n) is 2.54. The highest BCUT2D eigenvalue weighted by molar-refractivity contribution is 5.60. The Hall–Kier alpha value is -2.96. The van der Waals surface area contributed by atoms with Crippen LogP contribution in [0.15, 0.2) is 47.8 Å². The molecule has 3 rings (SSSR count). The molecule has 7 heteroatoms. The molecule has 3 N–H and O–H groups in total. The zero-order valence-electron chi connectivity index (χ0n) is 9.82. The molecule has 0 bridgehead atoms. The summed E-state index contributed by atoms with van der Waals surface area (Å²) in [6.07, 6.45) is 2.82. The number of aromatic nitrogens is 5. The Balaban J connectivity index is 2.02. The Morgan fingerprint density at radius 3 is 2.89 bits per heavy atom. The predicted molar refractivity (Wildman–Crippen MR) is 69.6 cm³/mol. The van der Waals surface area contributed by atoms with Crippen molar-refractivity contribution < 1.29 is 0 Å². The third-order valence-corrected chi connectivity index (χ3v) is 2.54. The van der Waals surface area contributed by atoms with E-state index >= 15 is 0 Å². The molecule has 0 aliphatic carbocycles. The molecule has 2 heterocycles. The molecule has 2 aromatic heterocycles. The molecule has 0 spiro atoms. The molecule has 0 saturated heterocycles. The Labute approximate surface area is 107 Å². The van der Waals surface area contributed by atoms with Gasteiger partial charge in [-0.15, -0.1) is 5.10 Å². The number of anilines is 1. The van der Waals surface area contributed by atoms with Crippen LogP contribution in [0.2, 0.25) is 0 Å². The van der Waals surface area contributed by atoms with Crippen molar-refractivity contribution in [1.29, 1.82) is 0 Å². The lowest BCUT2D eigenvalue weighted by atomic mass is 10.2. The number of nitrogens with zero attached hydrogens (tertiary/aromatic N) is 4. The fourth-order valence-electron chi connectivity index (χ4n) is 1.67. The molecular weight excluding hydrogens is 244 g/mol. The van der Waals surface area contributed by atoms with Crippen LogP contribution in [0, 0.1) is 0 Å². The Morgan fingerprint density at radius 1 is 1.21 bits per heavy atom. The third kappa shape index (κ3) is 2.21. The molecule has 19 heavy (non-hydrogen) atoms. The summed E-state index contributed by atoms with van der Waals surface area (Å²) in [6.45, 7) is 0. The topological polar surface area (TPSA) is 102 Å². The van der Waals surface area contributed by atoms with Gasteiger partial charge in [-0.25, -0.2) is 14.6 Å².